The first-order valence-electron chi connectivity index (χ1n) is 5.50. The van der Waals surface area contributed by atoms with Crippen molar-refractivity contribution in [2.24, 2.45) is 5.73 Å². The second-order valence-corrected chi connectivity index (χ2v) is 3.69. The Morgan fingerprint density at radius 2 is 2.27 bits per heavy atom. The lowest BCUT2D eigenvalue weighted by atomic mass is 9.96. The molecule has 15 heavy (non-hydrogen) atoms. The van der Waals surface area contributed by atoms with Crippen molar-refractivity contribution in [2.45, 2.75) is 32.2 Å². The number of nitrogens with two attached hydrogens (primary N) is 1. The predicted molar refractivity (Wildman–Crippen MR) is 61.7 cm³/mol. The Labute approximate surface area is 91.7 Å². The fraction of sp³-hybridized carbons (Fsp3) is 0.583. The van der Waals surface area contributed by atoms with Gasteiger partial charge in [-0.15, -0.1) is 0 Å². The van der Waals surface area contributed by atoms with Gasteiger partial charge < -0.3 is 10.5 Å². The lowest BCUT2D eigenvalue weighted by Gasteiger charge is -2.19. The Bertz CT molecular complexity index is 264. The summed E-state index contributed by atoms with van der Waals surface area (Å²) in [5.74, 6) is 0.284. The number of hydrogen-bond donors (Lipinski definition) is 1. The first-order chi connectivity index (χ1) is 7.25. The van der Waals surface area contributed by atoms with E-state index in [4.69, 9.17) is 10.5 Å². The Kier molecular flexibility index (Phi) is 5.29. The molecule has 3 heteroatoms. The monoisotopic (exact) mass is 208 g/mol. The van der Waals surface area contributed by atoms with Gasteiger partial charge in [-0.05, 0) is 25.5 Å². The van der Waals surface area contributed by atoms with Gasteiger partial charge >= 0.3 is 0 Å². The molecule has 0 fully saturated rings. The van der Waals surface area contributed by atoms with E-state index in [9.17, 15) is 0 Å². The number of pyridine rings is 1. The summed E-state index contributed by atoms with van der Waals surface area (Å²) in [6.45, 7) is 5.59. The summed E-state index contributed by atoms with van der Waals surface area (Å²) in [6, 6.07) is 6.05. The fourth-order valence-electron chi connectivity index (χ4n) is 1.48. The second-order valence-electron chi connectivity index (χ2n) is 3.69. The van der Waals surface area contributed by atoms with Crippen molar-refractivity contribution < 1.29 is 4.74 Å². The first-order valence-corrected chi connectivity index (χ1v) is 5.50. The van der Waals surface area contributed by atoms with Crippen molar-refractivity contribution in [3.05, 3.63) is 30.1 Å². The van der Waals surface area contributed by atoms with E-state index in [1.54, 1.807) is 6.20 Å². The molecule has 2 N–H and O–H groups in total. The SMILES string of the molecule is CCOCCC(N)C(C)c1ccccn1. The zero-order chi connectivity index (χ0) is 11.1. The number of rotatable bonds is 6. The maximum Gasteiger partial charge on any atom is 0.0480 e. The number of ether oxygens (including phenoxy) is 1. The molecule has 0 saturated heterocycles. The molecular weight excluding hydrogens is 188 g/mol. The summed E-state index contributed by atoms with van der Waals surface area (Å²) in [5.41, 5.74) is 7.13. The molecule has 2 unspecified atom stereocenters. The van der Waals surface area contributed by atoms with Gasteiger partial charge in [0.25, 0.3) is 0 Å². The second kappa shape index (κ2) is 6.53. The Morgan fingerprint density at radius 3 is 2.87 bits per heavy atom. The van der Waals surface area contributed by atoms with Crippen LogP contribution in [0.4, 0.5) is 0 Å². The predicted octanol–water partition coefficient (Wildman–Crippen LogP) is 1.94. The summed E-state index contributed by atoms with van der Waals surface area (Å²) in [5, 5.41) is 0. The molecule has 2 atom stereocenters. The molecule has 0 aromatic carbocycles. The van der Waals surface area contributed by atoms with Gasteiger partial charge in [-0.3, -0.25) is 4.98 Å². The smallest absolute Gasteiger partial charge is 0.0480 e. The average Bonchev–Trinajstić information content (AvgIpc) is 2.29. The molecule has 0 radical (unpaired) electrons. The van der Waals surface area contributed by atoms with Crippen molar-refractivity contribution in [2.75, 3.05) is 13.2 Å². The van der Waals surface area contributed by atoms with Gasteiger partial charge in [0, 0.05) is 37.1 Å². The zero-order valence-electron chi connectivity index (χ0n) is 9.52. The molecule has 0 aliphatic rings. The molecule has 0 aliphatic heterocycles. The summed E-state index contributed by atoms with van der Waals surface area (Å²) >= 11 is 0. The highest BCUT2D eigenvalue weighted by Gasteiger charge is 2.15. The fourth-order valence-corrected chi connectivity index (χ4v) is 1.48. The van der Waals surface area contributed by atoms with E-state index >= 15 is 0 Å². The summed E-state index contributed by atoms with van der Waals surface area (Å²) in [6.07, 6.45) is 2.69. The number of nitrogens with zero attached hydrogens (tertiary/aromatic N) is 1. The third-order valence-corrected chi connectivity index (χ3v) is 2.60. The van der Waals surface area contributed by atoms with Crippen LogP contribution < -0.4 is 5.73 Å². The Morgan fingerprint density at radius 1 is 1.47 bits per heavy atom. The molecule has 0 amide bonds. The molecular formula is C12H20N2O. The van der Waals surface area contributed by atoms with Crippen LogP contribution in [0.5, 0.6) is 0 Å². The average molecular weight is 208 g/mol. The van der Waals surface area contributed by atoms with Gasteiger partial charge in [0.2, 0.25) is 0 Å². The van der Waals surface area contributed by atoms with Crippen LogP contribution in [0.15, 0.2) is 24.4 Å². The molecule has 1 rings (SSSR count). The van der Waals surface area contributed by atoms with Gasteiger partial charge in [-0.1, -0.05) is 13.0 Å². The largest absolute Gasteiger partial charge is 0.382 e. The molecule has 1 aromatic heterocycles. The molecule has 1 aromatic rings. The van der Waals surface area contributed by atoms with Gasteiger partial charge in [0.15, 0.2) is 0 Å². The summed E-state index contributed by atoms with van der Waals surface area (Å²) in [4.78, 5) is 4.31. The maximum absolute atomic E-state index is 6.07. The Hall–Kier alpha value is -0.930. The van der Waals surface area contributed by atoms with Crippen molar-refractivity contribution in [3.8, 4) is 0 Å². The van der Waals surface area contributed by atoms with E-state index in [1.165, 1.54) is 0 Å². The molecule has 3 nitrogen and oxygen atoms in total. The highest BCUT2D eigenvalue weighted by Crippen LogP contribution is 2.16. The van der Waals surface area contributed by atoms with Gasteiger partial charge in [0.1, 0.15) is 0 Å². The molecule has 84 valence electrons. The molecule has 0 saturated carbocycles. The quantitative estimate of drug-likeness (QED) is 0.727. The molecule has 1 heterocycles. The molecule has 0 aliphatic carbocycles. The van der Waals surface area contributed by atoms with Crippen molar-refractivity contribution in [1.82, 2.24) is 4.98 Å². The third kappa shape index (κ3) is 3.98. The molecule has 0 spiro atoms. The van der Waals surface area contributed by atoms with Crippen LogP contribution in [0, 0.1) is 0 Å². The minimum absolute atomic E-state index is 0.117. The van der Waals surface area contributed by atoms with Crippen LogP contribution in [-0.2, 0) is 4.74 Å². The van der Waals surface area contributed by atoms with Crippen molar-refractivity contribution >= 4 is 0 Å². The van der Waals surface area contributed by atoms with Crippen LogP contribution in [0.25, 0.3) is 0 Å². The maximum atomic E-state index is 6.07. The lowest BCUT2D eigenvalue weighted by molar-refractivity contribution is 0.138. The van der Waals surface area contributed by atoms with E-state index < -0.39 is 0 Å². The summed E-state index contributed by atoms with van der Waals surface area (Å²) < 4.78 is 5.29. The van der Waals surface area contributed by atoms with Gasteiger partial charge in [0.05, 0.1) is 0 Å². The van der Waals surface area contributed by atoms with E-state index in [0.717, 1.165) is 25.3 Å². The number of aromatic nitrogens is 1. The van der Waals surface area contributed by atoms with Crippen molar-refractivity contribution in [1.29, 1.82) is 0 Å². The molecule has 0 bridgehead atoms. The van der Waals surface area contributed by atoms with Crippen LogP contribution in [-0.4, -0.2) is 24.2 Å². The zero-order valence-corrected chi connectivity index (χ0v) is 9.52. The Balaban J connectivity index is 2.42. The van der Waals surface area contributed by atoms with E-state index in [-0.39, 0.29) is 12.0 Å². The minimum Gasteiger partial charge on any atom is -0.382 e. The lowest BCUT2D eigenvalue weighted by Crippen LogP contribution is -2.28. The van der Waals surface area contributed by atoms with Gasteiger partial charge in [-0.25, -0.2) is 0 Å². The topological polar surface area (TPSA) is 48.1 Å². The first kappa shape index (κ1) is 12.1. The van der Waals surface area contributed by atoms with Crippen LogP contribution >= 0.6 is 0 Å². The van der Waals surface area contributed by atoms with Crippen LogP contribution in [0.1, 0.15) is 31.9 Å². The normalized spacial score (nSPS) is 14.9. The standard InChI is InChI=1S/C12H20N2O/c1-3-15-9-7-11(13)10(2)12-6-4-5-8-14-12/h4-6,8,10-11H,3,7,9,13H2,1-2H3. The van der Waals surface area contributed by atoms with Crippen LogP contribution in [0.3, 0.4) is 0 Å². The van der Waals surface area contributed by atoms with Crippen molar-refractivity contribution in [3.63, 3.8) is 0 Å². The van der Waals surface area contributed by atoms with E-state index in [1.807, 2.05) is 25.1 Å². The van der Waals surface area contributed by atoms with Crippen LogP contribution in [0.2, 0.25) is 0 Å². The highest BCUT2D eigenvalue weighted by molar-refractivity contribution is 5.10. The van der Waals surface area contributed by atoms with E-state index in [2.05, 4.69) is 11.9 Å². The van der Waals surface area contributed by atoms with E-state index in [0.29, 0.717) is 0 Å². The third-order valence-electron chi connectivity index (χ3n) is 2.60. The minimum atomic E-state index is 0.117. The number of hydrogen-bond acceptors (Lipinski definition) is 3. The highest BCUT2D eigenvalue weighted by atomic mass is 16.5. The summed E-state index contributed by atoms with van der Waals surface area (Å²) in [7, 11) is 0. The van der Waals surface area contributed by atoms with Gasteiger partial charge in [-0.2, -0.15) is 0 Å².